The number of nitrogens with zero attached hydrogens (tertiary/aromatic N) is 4. The zero-order chi connectivity index (χ0) is 23.8. The van der Waals surface area contributed by atoms with Crippen molar-refractivity contribution in [3.63, 3.8) is 0 Å². The minimum Gasteiger partial charge on any atom is -0.460 e. The van der Waals surface area contributed by atoms with Gasteiger partial charge in [-0.3, -0.25) is 4.79 Å². The third-order valence-electron chi connectivity index (χ3n) is 6.24. The summed E-state index contributed by atoms with van der Waals surface area (Å²) in [6.45, 7) is 8.73. The van der Waals surface area contributed by atoms with Crippen molar-refractivity contribution in [2.24, 2.45) is 0 Å². The monoisotopic (exact) mass is 474 g/mol. The standard InChI is InChI=1S/C27H27ClN4O2/c1-18-7-9-24(19(2)15-18)32-25(17-23(29-32)26-10-8-20(3)34-26)27(33)31-13-11-30(12-14-31)22-6-4-5-21(28)16-22/h4-10,15-17H,11-14H2,1-3H3. The van der Waals surface area contributed by atoms with Crippen LogP contribution in [0.4, 0.5) is 5.69 Å². The van der Waals surface area contributed by atoms with E-state index >= 15 is 0 Å². The normalized spacial score (nSPS) is 14.0. The van der Waals surface area contributed by atoms with E-state index < -0.39 is 0 Å². The van der Waals surface area contributed by atoms with Crippen molar-refractivity contribution in [2.75, 3.05) is 31.1 Å². The first-order valence-electron chi connectivity index (χ1n) is 11.4. The van der Waals surface area contributed by atoms with Gasteiger partial charge in [-0.05, 0) is 62.7 Å². The second kappa shape index (κ2) is 9.03. The van der Waals surface area contributed by atoms with Crippen LogP contribution in [0.3, 0.4) is 0 Å². The molecule has 0 N–H and O–H groups in total. The number of piperazine rings is 1. The number of aryl methyl sites for hydroxylation is 3. The van der Waals surface area contributed by atoms with E-state index in [1.807, 2.05) is 67.3 Å². The number of hydrogen-bond donors (Lipinski definition) is 0. The second-order valence-electron chi connectivity index (χ2n) is 8.79. The summed E-state index contributed by atoms with van der Waals surface area (Å²) in [7, 11) is 0. The number of amides is 1. The number of furan rings is 1. The highest BCUT2D eigenvalue weighted by Gasteiger charge is 2.27. The van der Waals surface area contributed by atoms with Crippen LogP contribution in [0.25, 0.3) is 17.1 Å². The Morgan fingerprint density at radius 2 is 1.74 bits per heavy atom. The molecule has 0 radical (unpaired) electrons. The molecule has 0 saturated carbocycles. The van der Waals surface area contributed by atoms with E-state index in [2.05, 4.69) is 24.0 Å². The molecule has 1 amide bonds. The van der Waals surface area contributed by atoms with Crippen LogP contribution in [0.1, 0.15) is 27.4 Å². The lowest BCUT2D eigenvalue weighted by Gasteiger charge is -2.36. The predicted octanol–water partition coefficient (Wildman–Crippen LogP) is 5.67. The van der Waals surface area contributed by atoms with Gasteiger partial charge in [0.2, 0.25) is 0 Å². The Labute approximate surface area is 204 Å². The molecular weight excluding hydrogens is 448 g/mol. The Hall–Kier alpha value is -3.51. The molecule has 34 heavy (non-hydrogen) atoms. The molecule has 5 rings (SSSR count). The molecule has 2 aromatic carbocycles. The van der Waals surface area contributed by atoms with Gasteiger partial charge < -0.3 is 14.2 Å². The van der Waals surface area contributed by atoms with E-state index in [0.717, 1.165) is 35.8 Å². The summed E-state index contributed by atoms with van der Waals surface area (Å²) in [6.07, 6.45) is 0. The summed E-state index contributed by atoms with van der Waals surface area (Å²) in [5.74, 6) is 1.43. The molecule has 1 fully saturated rings. The summed E-state index contributed by atoms with van der Waals surface area (Å²) in [4.78, 5) is 17.9. The SMILES string of the molecule is Cc1ccc(-n2nc(-c3ccc(C)o3)cc2C(=O)N2CCN(c3cccc(Cl)c3)CC2)c(C)c1. The minimum absolute atomic E-state index is 0.0345. The summed E-state index contributed by atoms with van der Waals surface area (Å²) < 4.78 is 7.56. The summed E-state index contributed by atoms with van der Waals surface area (Å²) in [5.41, 5.74) is 5.38. The zero-order valence-corrected chi connectivity index (χ0v) is 20.3. The maximum atomic E-state index is 13.7. The maximum absolute atomic E-state index is 13.7. The predicted molar refractivity (Wildman–Crippen MR) is 135 cm³/mol. The number of hydrogen-bond acceptors (Lipinski definition) is 4. The number of rotatable bonds is 4. The Morgan fingerprint density at radius 3 is 2.41 bits per heavy atom. The quantitative estimate of drug-likeness (QED) is 0.382. The lowest BCUT2D eigenvalue weighted by Crippen LogP contribution is -2.49. The largest absolute Gasteiger partial charge is 0.460 e. The van der Waals surface area contributed by atoms with Crippen LogP contribution in [0, 0.1) is 20.8 Å². The first-order valence-corrected chi connectivity index (χ1v) is 11.8. The number of aromatic nitrogens is 2. The van der Waals surface area contributed by atoms with Crippen molar-refractivity contribution in [3.8, 4) is 17.1 Å². The first-order chi connectivity index (χ1) is 16.4. The minimum atomic E-state index is -0.0345. The van der Waals surface area contributed by atoms with Crippen LogP contribution < -0.4 is 4.90 Å². The Bertz CT molecular complexity index is 1350. The fraction of sp³-hybridized carbons (Fsp3) is 0.259. The van der Waals surface area contributed by atoms with Crippen molar-refractivity contribution >= 4 is 23.2 Å². The number of carbonyl (C=O) groups is 1. The Kier molecular flexibility index (Phi) is 5.92. The molecule has 0 atom stereocenters. The molecule has 3 heterocycles. The van der Waals surface area contributed by atoms with Gasteiger partial charge in [0.15, 0.2) is 5.76 Å². The molecule has 2 aromatic heterocycles. The van der Waals surface area contributed by atoms with Gasteiger partial charge in [0.25, 0.3) is 5.91 Å². The highest BCUT2D eigenvalue weighted by Crippen LogP contribution is 2.27. The first kappa shape index (κ1) is 22.3. The van der Waals surface area contributed by atoms with E-state index in [0.29, 0.717) is 35.3 Å². The fourth-order valence-electron chi connectivity index (χ4n) is 4.46. The zero-order valence-electron chi connectivity index (χ0n) is 19.6. The third-order valence-corrected chi connectivity index (χ3v) is 6.48. The van der Waals surface area contributed by atoms with Gasteiger partial charge >= 0.3 is 0 Å². The van der Waals surface area contributed by atoms with Crippen LogP contribution in [0.5, 0.6) is 0 Å². The Balaban J connectivity index is 1.45. The van der Waals surface area contributed by atoms with Crippen molar-refractivity contribution in [2.45, 2.75) is 20.8 Å². The molecule has 0 aliphatic carbocycles. The molecule has 0 bridgehead atoms. The molecule has 0 spiro atoms. The van der Waals surface area contributed by atoms with Gasteiger partial charge in [0.05, 0.1) is 5.69 Å². The van der Waals surface area contributed by atoms with Crippen molar-refractivity contribution in [1.29, 1.82) is 0 Å². The van der Waals surface area contributed by atoms with Crippen LogP contribution in [-0.4, -0.2) is 46.8 Å². The van der Waals surface area contributed by atoms with E-state index in [1.165, 1.54) is 5.56 Å². The van der Waals surface area contributed by atoms with Crippen LogP contribution in [-0.2, 0) is 0 Å². The molecule has 1 aliphatic rings. The Morgan fingerprint density at radius 1 is 0.941 bits per heavy atom. The molecule has 6 nitrogen and oxygen atoms in total. The lowest BCUT2D eigenvalue weighted by molar-refractivity contribution is 0.0737. The van der Waals surface area contributed by atoms with E-state index in [1.54, 1.807) is 4.68 Å². The molecule has 1 aliphatic heterocycles. The molecule has 1 saturated heterocycles. The molecule has 174 valence electrons. The van der Waals surface area contributed by atoms with E-state index in [-0.39, 0.29) is 5.91 Å². The average Bonchev–Trinajstić information content (AvgIpc) is 3.45. The summed E-state index contributed by atoms with van der Waals surface area (Å²) in [6, 6.07) is 19.6. The van der Waals surface area contributed by atoms with E-state index in [9.17, 15) is 4.79 Å². The van der Waals surface area contributed by atoms with Crippen LogP contribution in [0.15, 0.2) is 65.1 Å². The number of anilines is 1. The van der Waals surface area contributed by atoms with Gasteiger partial charge in [-0.1, -0.05) is 35.4 Å². The van der Waals surface area contributed by atoms with Crippen molar-refractivity contribution in [1.82, 2.24) is 14.7 Å². The molecular formula is C27H27ClN4O2. The van der Waals surface area contributed by atoms with Crippen molar-refractivity contribution in [3.05, 3.63) is 88.3 Å². The van der Waals surface area contributed by atoms with Gasteiger partial charge in [-0.25, -0.2) is 4.68 Å². The van der Waals surface area contributed by atoms with Crippen molar-refractivity contribution < 1.29 is 9.21 Å². The smallest absolute Gasteiger partial charge is 0.272 e. The fourth-order valence-corrected chi connectivity index (χ4v) is 4.64. The van der Waals surface area contributed by atoms with Crippen LogP contribution in [0.2, 0.25) is 5.02 Å². The van der Waals surface area contributed by atoms with Crippen LogP contribution >= 0.6 is 11.6 Å². The third kappa shape index (κ3) is 4.33. The number of halogens is 1. The lowest BCUT2D eigenvalue weighted by atomic mass is 10.1. The van der Waals surface area contributed by atoms with Gasteiger partial charge in [-0.2, -0.15) is 5.10 Å². The highest BCUT2D eigenvalue weighted by molar-refractivity contribution is 6.30. The van der Waals surface area contributed by atoms with E-state index in [4.69, 9.17) is 21.1 Å². The molecule has 4 aromatic rings. The highest BCUT2D eigenvalue weighted by atomic mass is 35.5. The second-order valence-corrected chi connectivity index (χ2v) is 9.22. The summed E-state index contributed by atoms with van der Waals surface area (Å²) in [5, 5.41) is 5.51. The maximum Gasteiger partial charge on any atom is 0.272 e. The topological polar surface area (TPSA) is 54.5 Å². The van der Waals surface area contributed by atoms with Gasteiger partial charge in [0.1, 0.15) is 17.1 Å². The molecule has 0 unspecified atom stereocenters. The summed E-state index contributed by atoms with van der Waals surface area (Å²) >= 11 is 6.17. The van der Waals surface area contributed by atoms with Gasteiger partial charge in [0, 0.05) is 43.0 Å². The number of benzene rings is 2. The van der Waals surface area contributed by atoms with Gasteiger partial charge in [-0.15, -0.1) is 0 Å². The number of carbonyl (C=O) groups excluding carboxylic acids is 1. The molecule has 7 heteroatoms. The average molecular weight is 475 g/mol.